The van der Waals surface area contributed by atoms with Crippen molar-refractivity contribution in [3.8, 4) is 0 Å². The summed E-state index contributed by atoms with van der Waals surface area (Å²) in [6.45, 7) is 0. The van der Waals surface area contributed by atoms with E-state index >= 15 is 0 Å². The maximum atomic E-state index is 13.5. The van der Waals surface area contributed by atoms with Gasteiger partial charge in [0.1, 0.15) is 0 Å². The van der Waals surface area contributed by atoms with Crippen molar-refractivity contribution in [2.24, 2.45) is 5.73 Å². The van der Waals surface area contributed by atoms with Crippen LogP contribution in [0.15, 0.2) is 18.2 Å². The van der Waals surface area contributed by atoms with Gasteiger partial charge in [-0.1, -0.05) is 6.07 Å². The van der Waals surface area contributed by atoms with Gasteiger partial charge in [0.05, 0.1) is 4.92 Å². The lowest BCUT2D eigenvalue weighted by atomic mass is 10.2. The third kappa shape index (κ3) is 2.70. The van der Waals surface area contributed by atoms with Crippen LogP contribution in [-0.4, -0.2) is 24.0 Å². The molecule has 0 bridgehead atoms. The van der Waals surface area contributed by atoms with Gasteiger partial charge in [-0.2, -0.15) is 0 Å². The largest absolute Gasteiger partial charge is 0.370 e. The first kappa shape index (κ1) is 13.4. The van der Waals surface area contributed by atoms with E-state index in [2.05, 4.69) is 0 Å². The first-order chi connectivity index (χ1) is 8.34. The number of para-hydroxylation sites is 1. The molecule has 4 N–H and O–H groups in total. The van der Waals surface area contributed by atoms with Gasteiger partial charge in [0.25, 0.3) is 5.69 Å². The Balaban J connectivity index is 3.19. The molecule has 0 atom stereocenters. The number of nitrogens with two attached hydrogens (primary N) is 1. The van der Waals surface area contributed by atoms with Crippen LogP contribution in [0, 0.1) is 21.3 Å². The minimum atomic E-state index is -0.948. The van der Waals surface area contributed by atoms with Crippen molar-refractivity contribution in [3.05, 3.63) is 34.1 Å². The van der Waals surface area contributed by atoms with Crippen molar-refractivity contribution in [1.82, 2.24) is 5.32 Å². The van der Waals surface area contributed by atoms with Gasteiger partial charge in [0.2, 0.25) is 0 Å². The fraction of sp³-hybridized carbons (Fsp3) is 0.111. The molecule has 0 aliphatic rings. The van der Waals surface area contributed by atoms with Gasteiger partial charge in [0, 0.05) is 13.1 Å². The van der Waals surface area contributed by atoms with Crippen molar-refractivity contribution >= 4 is 23.4 Å². The summed E-state index contributed by atoms with van der Waals surface area (Å²) < 4.78 is 13.5. The number of nitro groups is 1. The quantitative estimate of drug-likeness (QED) is 0.312. The lowest BCUT2D eigenvalue weighted by molar-refractivity contribution is -0.384. The predicted octanol–water partition coefficient (Wildman–Crippen LogP) is 0.773. The van der Waals surface area contributed by atoms with Crippen molar-refractivity contribution in [2.45, 2.75) is 0 Å². The normalized spacial score (nSPS) is 9.67. The fourth-order valence-electron chi connectivity index (χ4n) is 1.28. The highest BCUT2D eigenvalue weighted by molar-refractivity contribution is 6.03. The summed E-state index contributed by atoms with van der Waals surface area (Å²) in [7, 11) is 1.13. The van der Waals surface area contributed by atoms with Gasteiger partial charge in [-0.05, 0) is 6.07 Å². The molecule has 0 aliphatic heterocycles. The van der Waals surface area contributed by atoms with Crippen LogP contribution >= 0.6 is 0 Å². The Bertz CT molecular complexity index is 519. The number of amides is 2. The molecular weight excluding hydrogens is 245 g/mol. The van der Waals surface area contributed by atoms with E-state index in [0.717, 1.165) is 25.2 Å². The average Bonchev–Trinajstić information content (AvgIpc) is 2.26. The highest BCUT2D eigenvalue weighted by atomic mass is 19.1. The van der Waals surface area contributed by atoms with Crippen molar-refractivity contribution in [2.75, 3.05) is 11.9 Å². The highest BCUT2D eigenvalue weighted by Gasteiger charge is 2.25. The smallest absolute Gasteiger partial charge is 0.328 e. The zero-order chi connectivity index (χ0) is 13.9. The fourth-order valence-corrected chi connectivity index (χ4v) is 1.28. The molecule has 1 aromatic rings. The molecule has 0 saturated heterocycles. The second kappa shape index (κ2) is 5.08. The topological polar surface area (TPSA) is 125 Å². The summed E-state index contributed by atoms with van der Waals surface area (Å²) in [5.41, 5.74) is 3.88. The maximum Gasteiger partial charge on any atom is 0.328 e. The van der Waals surface area contributed by atoms with Crippen LogP contribution in [0.5, 0.6) is 0 Å². The van der Waals surface area contributed by atoms with Crippen LogP contribution in [0.3, 0.4) is 0 Å². The Labute approximate surface area is 101 Å². The number of hydrogen-bond donors (Lipinski definition) is 3. The number of nitrogens with one attached hydrogen (secondary N) is 2. The molecule has 0 aromatic heterocycles. The lowest BCUT2D eigenvalue weighted by Gasteiger charge is -2.17. The van der Waals surface area contributed by atoms with Gasteiger partial charge in [-0.3, -0.25) is 25.7 Å². The Morgan fingerprint density at radius 3 is 2.72 bits per heavy atom. The van der Waals surface area contributed by atoms with E-state index in [1.54, 1.807) is 0 Å². The number of benzene rings is 1. The molecule has 0 unspecified atom stereocenters. The van der Waals surface area contributed by atoms with Gasteiger partial charge in [-0.15, -0.1) is 0 Å². The summed E-state index contributed by atoms with van der Waals surface area (Å²) in [5, 5.41) is 19.5. The number of hydrogen-bond acceptors (Lipinski definition) is 4. The number of urea groups is 1. The predicted molar refractivity (Wildman–Crippen MR) is 61.9 cm³/mol. The standard InChI is InChI=1S/C9H10FN5O3/c1-14(9(16)13-8(11)12)7-5(10)3-2-4-6(7)15(17)18/h2-4H,1H3,(H4,11,12,13,16). The first-order valence-corrected chi connectivity index (χ1v) is 4.66. The Morgan fingerprint density at radius 1 is 1.61 bits per heavy atom. The molecule has 1 rings (SSSR count). The van der Waals surface area contributed by atoms with Crippen LogP contribution in [0.1, 0.15) is 0 Å². The van der Waals surface area contributed by atoms with E-state index in [9.17, 15) is 19.3 Å². The van der Waals surface area contributed by atoms with Crippen LogP contribution < -0.4 is 16.0 Å². The molecule has 0 heterocycles. The lowest BCUT2D eigenvalue weighted by Crippen LogP contribution is -2.44. The molecule has 0 radical (unpaired) electrons. The van der Waals surface area contributed by atoms with E-state index < -0.39 is 34.1 Å². The van der Waals surface area contributed by atoms with E-state index in [-0.39, 0.29) is 0 Å². The number of nitro benzene ring substituents is 1. The van der Waals surface area contributed by atoms with Gasteiger partial charge < -0.3 is 5.73 Å². The summed E-state index contributed by atoms with van der Waals surface area (Å²) in [5.74, 6) is -1.57. The highest BCUT2D eigenvalue weighted by Crippen LogP contribution is 2.29. The monoisotopic (exact) mass is 255 g/mol. The van der Waals surface area contributed by atoms with Crippen molar-refractivity contribution in [3.63, 3.8) is 0 Å². The molecule has 2 amide bonds. The third-order valence-corrected chi connectivity index (χ3v) is 2.04. The molecule has 0 spiro atoms. The van der Waals surface area contributed by atoms with Gasteiger partial charge >= 0.3 is 6.03 Å². The first-order valence-electron chi connectivity index (χ1n) is 4.66. The molecule has 0 fully saturated rings. The van der Waals surface area contributed by atoms with Crippen LogP contribution in [-0.2, 0) is 0 Å². The minimum Gasteiger partial charge on any atom is -0.370 e. The minimum absolute atomic E-state index is 0.499. The Kier molecular flexibility index (Phi) is 3.77. The second-order valence-corrected chi connectivity index (χ2v) is 3.27. The number of halogens is 1. The van der Waals surface area contributed by atoms with Crippen LogP contribution in [0.25, 0.3) is 0 Å². The summed E-state index contributed by atoms with van der Waals surface area (Å²) >= 11 is 0. The molecule has 18 heavy (non-hydrogen) atoms. The van der Waals surface area contributed by atoms with Crippen molar-refractivity contribution < 1.29 is 14.1 Å². The van der Waals surface area contributed by atoms with Crippen molar-refractivity contribution in [1.29, 1.82) is 5.41 Å². The third-order valence-electron chi connectivity index (χ3n) is 2.04. The van der Waals surface area contributed by atoms with E-state index in [0.29, 0.717) is 4.90 Å². The van der Waals surface area contributed by atoms with Crippen LogP contribution in [0.4, 0.5) is 20.6 Å². The second-order valence-electron chi connectivity index (χ2n) is 3.27. The number of carbonyl (C=O) groups excluding carboxylic acids is 1. The van der Waals surface area contributed by atoms with Crippen LogP contribution in [0.2, 0.25) is 0 Å². The van der Waals surface area contributed by atoms with E-state index in [4.69, 9.17) is 11.1 Å². The zero-order valence-electron chi connectivity index (χ0n) is 9.31. The molecule has 1 aromatic carbocycles. The number of rotatable bonds is 2. The van der Waals surface area contributed by atoms with E-state index in [1.807, 2.05) is 5.32 Å². The Morgan fingerprint density at radius 2 is 2.22 bits per heavy atom. The summed E-state index contributed by atoms with van der Waals surface area (Å²) in [6, 6.07) is 2.26. The molecule has 8 nitrogen and oxygen atoms in total. The van der Waals surface area contributed by atoms with Gasteiger partial charge in [0.15, 0.2) is 17.5 Å². The van der Waals surface area contributed by atoms with Gasteiger partial charge in [-0.25, -0.2) is 9.18 Å². The molecule has 0 aliphatic carbocycles. The summed E-state index contributed by atoms with van der Waals surface area (Å²) in [4.78, 5) is 22.1. The molecular formula is C9H10FN5O3. The number of nitrogens with zero attached hydrogens (tertiary/aromatic N) is 2. The number of guanidine groups is 1. The number of carbonyl (C=O) groups is 1. The van der Waals surface area contributed by atoms with E-state index in [1.165, 1.54) is 0 Å². The summed E-state index contributed by atoms with van der Waals surface area (Å²) in [6.07, 6.45) is 0. The molecule has 96 valence electrons. The average molecular weight is 255 g/mol. The maximum absolute atomic E-state index is 13.5. The molecule has 0 saturated carbocycles. The zero-order valence-corrected chi connectivity index (χ0v) is 9.31. The molecule has 9 heteroatoms. The number of anilines is 1. The Hall–Kier alpha value is -2.71. The SMILES string of the molecule is CN(C(=O)NC(=N)N)c1c(F)cccc1[N+](=O)[O-].